The van der Waals surface area contributed by atoms with Crippen molar-refractivity contribution in [3.8, 4) is 0 Å². The van der Waals surface area contributed by atoms with Crippen molar-refractivity contribution >= 4 is 10.9 Å². The minimum Gasteiger partial charge on any atom is -0.395 e. The van der Waals surface area contributed by atoms with E-state index in [1.807, 2.05) is 13.2 Å². The molecular formula is C12H16N2O. The molecule has 0 saturated carbocycles. The zero-order valence-corrected chi connectivity index (χ0v) is 8.90. The highest BCUT2D eigenvalue weighted by Gasteiger charge is 2.03. The summed E-state index contributed by atoms with van der Waals surface area (Å²) in [4.78, 5) is 0. The van der Waals surface area contributed by atoms with Crippen molar-refractivity contribution in [3.05, 3.63) is 36.0 Å². The molecule has 2 N–H and O–H groups in total. The van der Waals surface area contributed by atoms with Crippen molar-refractivity contribution in [2.45, 2.75) is 13.1 Å². The Morgan fingerprint density at radius 1 is 1.33 bits per heavy atom. The molecule has 0 spiro atoms. The van der Waals surface area contributed by atoms with Crippen LogP contribution < -0.4 is 5.32 Å². The summed E-state index contributed by atoms with van der Waals surface area (Å²) in [5.74, 6) is 0. The predicted molar refractivity (Wildman–Crippen MR) is 61.8 cm³/mol. The molecule has 0 saturated heterocycles. The first-order chi connectivity index (χ1) is 7.36. The van der Waals surface area contributed by atoms with Gasteiger partial charge in [-0.3, -0.25) is 0 Å². The van der Waals surface area contributed by atoms with Crippen LogP contribution in [0.4, 0.5) is 0 Å². The van der Waals surface area contributed by atoms with Crippen molar-refractivity contribution in [2.24, 2.45) is 0 Å². The minimum atomic E-state index is 0.181. The van der Waals surface area contributed by atoms with Gasteiger partial charge in [0, 0.05) is 30.2 Å². The number of aliphatic hydroxyl groups excluding tert-OH is 1. The number of hydrogen-bond acceptors (Lipinski definition) is 2. The first-order valence-electron chi connectivity index (χ1n) is 5.19. The van der Waals surface area contributed by atoms with Crippen LogP contribution in [-0.4, -0.2) is 23.3 Å². The van der Waals surface area contributed by atoms with Crippen LogP contribution in [0.25, 0.3) is 10.9 Å². The molecule has 0 unspecified atom stereocenters. The lowest BCUT2D eigenvalue weighted by atomic mass is 10.1. The van der Waals surface area contributed by atoms with Crippen LogP contribution in [-0.2, 0) is 13.1 Å². The highest BCUT2D eigenvalue weighted by molar-refractivity contribution is 5.83. The van der Waals surface area contributed by atoms with Gasteiger partial charge in [0.2, 0.25) is 0 Å². The Morgan fingerprint density at radius 2 is 2.20 bits per heavy atom. The lowest BCUT2D eigenvalue weighted by Gasteiger charge is -2.05. The zero-order valence-electron chi connectivity index (χ0n) is 8.90. The smallest absolute Gasteiger partial charge is 0.0610 e. The Morgan fingerprint density at radius 3 is 2.93 bits per heavy atom. The summed E-state index contributed by atoms with van der Waals surface area (Å²) in [5, 5.41) is 13.4. The fraction of sp³-hybridized carbons (Fsp3) is 0.333. The molecule has 0 amide bonds. The predicted octanol–water partition coefficient (Wildman–Crippen LogP) is 1.35. The molecule has 0 radical (unpaired) electrons. The third-order valence-corrected chi connectivity index (χ3v) is 2.61. The number of fused-ring (bicyclic) bond motifs is 1. The molecule has 0 atom stereocenters. The topological polar surface area (TPSA) is 37.2 Å². The van der Waals surface area contributed by atoms with Crippen LogP contribution in [0.2, 0.25) is 0 Å². The maximum atomic E-state index is 8.94. The molecule has 0 aliphatic rings. The molecule has 80 valence electrons. The first kappa shape index (κ1) is 10.2. The van der Waals surface area contributed by atoms with Gasteiger partial charge < -0.3 is 15.0 Å². The summed E-state index contributed by atoms with van der Waals surface area (Å²) in [6.45, 7) is 1.72. The van der Waals surface area contributed by atoms with Crippen molar-refractivity contribution in [1.82, 2.24) is 9.88 Å². The van der Waals surface area contributed by atoms with Gasteiger partial charge in [-0.25, -0.2) is 0 Å². The number of aliphatic hydroxyl groups is 1. The molecule has 0 aliphatic carbocycles. The molecule has 3 heteroatoms. The zero-order chi connectivity index (χ0) is 10.7. The van der Waals surface area contributed by atoms with E-state index in [2.05, 4.69) is 34.1 Å². The van der Waals surface area contributed by atoms with Gasteiger partial charge in [-0.05, 0) is 24.7 Å². The van der Waals surface area contributed by atoms with Crippen LogP contribution in [0.15, 0.2) is 30.5 Å². The number of benzene rings is 1. The molecule has 2 aromatic rings. The van der Waals surface area contributed by atoms with Crippen LogP contribution in [0.1, 0.15) is 5.56 Å². The largest absolute Gasteiger partial charge is 0.395 e. The SMILES string of the molecule is CNCc1cccc2c1ccn2CCO. The third kappa shape index (κ3) is 1.89. The van der Waals surface area contributed by atoms with E-state index in [4.69, 9.17) is 5.11 Å². The van der Waals surface area contributed by atoms with Gasteiger partial charge in [0.1, 0.15) is 0 Å². The number of hydrogen-bond donors (Lipinski definition) is 2. The van der Waals surface area contributed by atoms with E-state index in [9.17, 15) is 0 Å². The lowest BCUT2D eigenvalue weighted by Crippen LogP contribution is -2.05. The van der Waals surface area contributed by atoms with Gasteiger partial charge in [-0.15, -0.1) is 0 Å². The minimum absolute atomic E-state index is 0.181. The van der Waals surface area contributed by atoms with E-state index in [1.165, 1.54) is 16.5 Å². The molecule has 0 aliphatic heterocycles. The fourth-order valence-corrected chi connectivity index (χ4v) is 1.93. The van der Waals surface area contributed by atoms with E-state index in [1.54, 1.807) is 0 Å². The van der Waals surface area contributed by atoms with Crippen molar-refractivity contribution in [1.29, 1.82) is 0 Å². The number of rotatable bonds is 4. The van der Waals surface area contributed by atoms with E-state index < -0.39 is 0 Å². The molecule has 1 aromatic heterocycles. The van der Waals surface area contributed by atoms with E-state index in [0.29, 0.717) is 6.54 Å². The van der Waals surface area contributed by atoms with Crippen molar-refractivity contribution < 1.29 is 5.11 Å². The quantitative estimate of drug-likeness (QED) is 0.789. The maximum Gasteiger partial charge on any atom is 0.0610 e. The van der Waals surface area contributed by atoms with E-state index >= 15 is 0 Å². The Labute approximate surface area is 89.3 Å². The van der Waals surface area contributed by atoms with Crippen molar-refractivity contribution in [2.75, 3.05) is 13.7 Å². The second-order valence-electron chi connectivity index (χ2n) is 3.61. The molecule has 0 bridgehead atoms. The van der Waals surface area contributed by atoms with Crippen LogP contribution in [0.3, 0.4) is 0 Å². The molecule has 0 fully saturated rings. The molecule has 15 heavy (non-hydrogen) atoms. The van der Waals surface area contributed by atoms with Gasteiger partial charge >= 0.3 is 0 Å². The summed E-state index contributed by atoms with van der Waals surface area (Å²) in [6.07, 6.45) is 2.03. The second-order valence-corrected chi connectivity index (χ2v) is 3.61. The normalized spacial score (nSPS) is 11.1. The first-order valence-corrected chi connectivity index (χ1v) is 5.19. The van der Waals surface area contributed by atoms with Crippen LogP contribution in [0, 0.1) is 0 Å². The Kier molecular flexibility index (Phi) is 3.04. The molecular weight excluding hydrogens is 188 g/mol. The summed E-state index contributed by atoms with van der Waals surface area (Å²) >= 11 is 0. The average Bonchev–Trinajstić information content (AvgIpc) is 2.64. The van der Waals surface area contributed by atoms with Crippen LogP contribution in [0.5, 0.6) is 0 Å². The lowest BCUT2D eigenvalue weighted by molar-refractivity contribution is 0.278. The molecule has 2 rings (SSSR count). The van der Waals surface area contributed by atoms with Gasteiger partial charge in [-0.2, -0.15) is 0 Å². The summed E-state index contributed by atoms with van der Waals surface area (Å²) in [5.41, 5.74) is 2.49. The summed E-state index contributed by atoms with van der Waals surface area (Å²) < 4.78 is 2.08. The van der Waals surface area contributed by atoms with Crippen LogP contribution >= 0.6 is 0 Å². The summed E-state index contributed by atoms with van der Waals surface area (Å²) in [7, 11) is 1.95. The fourth-order valence-electron chi connectivity index (χ4n) is 1.93. The molecule has 1 aromatic carbocycles. The highest BCUT2D eigenvalue weighted by Crippen LogP contribution is 2.20. The second kappa shape index (κ2) is 4.47. The van der Waals surface area contributed by atoms with Crippen molar-refractivity contribution in [3.63, 3.8) is 0 Å². The van der Waals surface area contributed by atoms with Gasteiger partial charge in [0.25, 0.3) is 0 Å². The standard InChI is InChI=1S/C12H16N2O/c1-13-9-10-3-2-4-12-11(10)5-6-14(12)7-8-15/h2-6,13,15H,7-9H2,1H3. The average molecular weight is 204 g/mol. The van der Waals surface area contributed by atoms with Gasteiger partial charge in [-0.1, -0.05) is 12.1 Å². The molecule has 1 heterocycles. The Hall–Kier alpha value is -1.32. The number of aromatic nitrogens is 1. The maximum absolute atomic E-state index is 8.94. The van der Waals surface area contributed by atoms with Gasteiger partial charge in [0.05, 0.1) is 6.61 Å². The van der Waals surface area contributed by atoms with E-state index in [-0.39, 0.29) is 6.61 Å². The summed E-state index contributed by atoms with van der Waals surface area (Å²) in [6, 6.07) is 8.38. The molecule has 3 nitrogen and oxygen atoms in total. The monoisotopic (exact) mass is 204 g/mol. The third-order valence-electron chi connectivity index (χ3n) is 2.61. The number of nitrogens with one attached hydrogen (secondary N) is 1. The number of nitrogens with zero attached hydrogens (tertiary/aromatic N) is 1. The van der Waals surface area contributed by atoms with Gasteiger partial charge in [0.15, 0.2) is 0 Å². The Bertz CT molecular complexity index is 448. The van der Waals surface area contributed by atoms with E-state index in [0.717, 1.165) is 6.54 Å². The Balaban J connectivity index is 2.48. The highest BCUT2D eigenvalue weighted by atomic mass is 16.3.